The number of nitrogen functional groups attached to an aromatic ring is 1. The Bertz CT molecular complexity index is 626. The van der Waals surface area contributed by atoms with Crippen LogP contribution in [0.15, 0.2) is 48.5 Å². The topological polar surface area (TPSA) is 87.4 Å². The molecule has 0 saturated heterocycles. The molecule has 5 nitrogen and oxygen atoms in total. The van der Waals surface area contributed by atoms with Gasteiger partial charge in [-0.25, -0.2) is 4.79 Å². The highest BCUT2D eigenvalue weighted by Gasteiger charge is 2.12. The van der Waals surface area contributed by atoms with Crippen LogP contribution in [0, 0.1) is 6.92 Å². The van der Waals surface area contributed by atoms with Crippen molar-refractivity contribution in [1.82, 2.24) is 5.32 Å². The Morgan fingerprint density at radius 1 is 1.18 bits per heavy atom. The highest BCUT2D eigenvalue weighted by molar-refractivity contribution is 5.67. The molecule has 116 valence electrons. The van der Waals surface area contributed by atoms with E-state index in [4.69, 9.17) is 10.8 Å². The number of benzene rings is 2. The summed E-state index contributed by atoms with van der Waals surface area (Å²) in [5.74, 6) is 0. The molecule has 0 spiro atoms. The SMILES string of the molecule is Cc1ccc(CC(CNC(=O)O)Nc2ccccc2N)cc1. The second-order valence-electron chi connectivity index (χ2n) is 5.30. The molecule has 2 aromatic carbocycles. The Morgan fingerprint density at radius 3 is 2.50 bits per heavy atom. The summed E-state index contributed by atoms with van der Waals surface area (Å²) >= 11 is 0. The Kier molecular flexibility index (Phi) is 5.25. The number of nitrogens with two attached hydrogens (primary N) is 1. The molecule has 0 bridgehead atoms. The van der Waals surface area contributed by atoms with Gasteiger partial charge >= 0.3 is 6.09 Å². The lowest BCUT2D eigenvalue weighted by molar-refractivity contribution is 0.194. The minimum atomic E-state index is -1.03. The van der Waals surface area contributed by atoms with Crippen LogP contribution in [0.1, 0.15) is 11.1 Å². The summed E-state index contributed by atoms with van der Waals surface area (Å²) < 4.78 is 0. The van der Waals surface area contributed by atoms with Crippen LogP contribution in [0.3, 0.4) is 0 Å². The summed E-state index contributed by atoms with van der Waals surface area (Å²) in [5, 5.41) is 14.6. The number of rotatable bonds is 6. The molecule has 5 heteroatoms. The lowest BCUT2D eigenvalue weighted by Gasteiger charge is -2.21. The van der Waals surface area contributed by atoms with Crippen molar-refractivity contribution >= 4 is 17.5 Å². The molecule has 2 aromatic rings. The summed E-state index contributed by atoms with van der Waals surface area (Å²) in [7, 11) is 0. The van der Waals surface area contributed by atoms with E-state index < -0.39 is 6.09 Å². The first kappa shape index (κ1) is 15.7. The molecule has 0 aromatic heterocycles. The molecule has 22 heavy (non-hydrogen) atoms. The van der Waals surface area contributed by atoms with Crippen LogP contribution in [0.5, 0.6) is 0 Å². The van der Waals surface area contributed by atoms with Gasteiger partial charge in [0.1, 0.15) is 0 Å². The lowest BCUT2D eigenvalue weighted by Crippen LogP contribution is -2.37. The minimum Gasteiger partial charge on any atom is -0.465 e. The van der Waals surface area contributed by atoms with E-state index in [1.165, 1.54) is 5.56 Å². The highest BCUT2D eigenvalue weighted by Crippen LogP contribution is 2.19. The van der Waals surface area contributed by atoms with Gasteiger partial charge in [-0.2, -0.15) is 0 Å². The quantitative estimate of drug-likeness (QED) is 0.618. The summed E-state index contributed by atoms with van der Waals surface area (Å²) in [6.07, 6.45) is -0.328. The fourth-order valence-electron chi connectivity index (χ4n) is 2.24. The molecule has 0 aliphatic rings. The van der Waals surface area contributed by atoms with Crippen LogP contribution < -0.4 is 16.4 Å². The Balaban J connectivity index is 2.09. The third-order valence-corrected chi connectivity index (χ3v) is 3.42. The van der Waals surface area contributed by atoms with Gasteiger partial charge in [0.25, 0.3) is 0 Å². The fraction of sp³-hybridized carbons (Fsp3) is 0.235. The average molecular weight is 299 g/mol. The van der Waals surface area contributed by atoms with Crippen molar-refractivity contribution in [3.05, 3.63) is 59.7 Å². The Labute approximate surface area is 130 Å². The van der Waals surface area contributed by atoms with Crippen molar-refractivity contribution in [1.29, 1.82) is 0 Å². The number of anilines is 2. The first-order valence-corrected chi connectivity index (χ1v) is 7.18. The third-order valence-electron chi connectivity index (χ3n) is 3.42. The predicted molar refractivity (Wildman–Crippen MR) is 89.2 cm³/mol. The zero-order chi connectivity index (χ0) is 15.9. The monoisotopic (exact) mass is 299 g/mol. The average Bonchev–Trinajstić information content (AvgIpc) is 2.49. The third kappa shape index (κ3) is 4.70. The zero-order valence-electron chi connectivity index (χ0n) is 12.5. The summed E-state index contributed by atoms with van der Waals surface area (Å²) in [5.41, 5.74) is 9.74. The molecule has 1 unspecified atom stereocenters. The largest absolute Gasteiger partial charge is 0.465 e. The smallest absolute Gasteiger partial charge is 0.404 e. The molecule has 0 aliphatic heterocycles. The van der Waals surface area contributed by atoms with E-state index in [1.54, 1.807) is 0 Å². The second kappa shape index (κ2) is 7.36. The van der Waals surface area contributed by atoms with E-state index in [2.05, 4.69) is 22.8 Å². The standard InChI is InChI=1S/C17H21N3O2/c1-12-6-8-13(9-7-12)10-14(11-19-17(21)22)20-16-5-3-2-4-15(16)18/h2-9,14,19-20H,10-11,18H2,1H3,(H,21,22). The molecule has 5 N–H and O–H groups in total. The molecule has 2 rings (SSSR count). The molecule has 0 saturated carbocycles. The first-order valence-electron chi connectivity index (χ1n) is 7.18. The second-order valence-corrected chi connectivity index (χ2v) is 5.30. The van der Waals surface area contributed by atoms with Gasteiger partial charge in [0, 0.05) is 12.6 Å². The van der Waals surface area contributed by atoms with E-state index in [0.29, 0.717) is 18.7 Å². The summed E-state index contributed by atoms with van der Waals surface area (Å²) in [6.45, 7) is 2.34. The zero-order valence-corrected chi connectivity index (χ0v) is 12.5. The van der Waals surface area contributed by atoms with Crippen LogP contribution in [-0.4, -0.2) is 23.8 Å². The molecule has 1 atom stereocenters. The van der Waals surface area contributed by atoms with Gasteiger partial charge in [0.2, 0.25) is 0 Å². The number of carbonyl (C=O) groups is 1. The maximum atomic E-state index is 10.8. The normalized spacial score (nSPS) is 11.7. The first-order chi connectivity index (χ1) is 10.5. The number of para-hydroxylation sites is 2. The maximum absolute atomic E-state index is 10.8. The molecular formula is C17H21N3O2. The molecule has 0 aliphatic carbocycles. The molecule has 0 fully saturated rings. The molecule has 1 amide bonds. The van der Waals surface area contributed by atoms with Gasteiger partial charge in [-0.05, 0) is 31.0 Å². The van der Waals surface area contributed by atoms with Crippen LogP contribution >= 0.6 is 0 Å². The van der Waals surface area contributed by atoms with Gasteiger partial charge < -0.3 is 21.5 Å². The van der Waals surface area contributed by atoms with Crippen LogP contribution in [0.2, 0.25) is 0 Å². The number of hydrogen-bond donors (Lipinski definition) is 4. The van der Waals surface area contributed by atoms with Gasteiger partial charge in [0.05, 0.1) is 11.4 Å². The van der Waals surface area contributed by atoms with Crippen molar-refractivity contribution in [3.63, 3.8) is 0 Å². The molecular weight excluding hydrogens is 278 g/mol. The van der Waals surface area contributed by atoms with Gasteiger partial charge in [0.15, 0.2) is 0 Å². The summed E-state index contributed by atoms with van der Waals surface area (Å²) in [4.78, 5) is 10.8. The predicted octanol–water partition coefficient (Wildman–Crippen LogP) is 2.87. The number of nitrogens with one attached hydrogen (secondary N) is 2. The Morgan fingerprint density at radius 2 is 1.86 bits per heavy atom. The van der Waals surface area contributed by atoms with Crippen molar-refractivity contribution < 1.29 is 9.90 Å². The lowest BCUT2D eigenvalue weighted by atomic mass is 10.0. The van der Waals surface area contributed by atoms with E-state index in [-0.39, 0.29) is 6.04 Å². The molecule has 0 radical (unpaired) electrons. The number of carboxylic acid groups (broad SMARTS) is 1. The van der Waals surface area contributed by atoms with E-state index in [9.17, 15) is 4.79 Å². The Hall–Kier alpha value is -2.69. The number of aryl methyl sites for hydroxylation is 1. The van der Waals surface area contributed by atoms with E-state index >= 15 is 0 Å². The van der Waals surface area contributed by atoms with Crippen molar-refractivity contribution in [2.45, 2.75) is 19.4 Å². The number of hydrogen-bond acceptors (Lipinski definition) is 3. The van der Waals surface area contributed by atoms with E-state index in [1.807, 2.05) is 43.3 Å². The summed E-state index contributed by atoms with van der Waals surface area (Å²) in [6, 6.07) is 15.6. The fourth-order valence-corrected chi connectivity index (χ4v) is 2.24. The van der Waals surface area contributed by atoms with Crippen LogP contribution in [-0.2, 0) is 6.42 Å². The van der Waals surface area contributed by atoms with E-state index in [0.717, 1.165) is 11.3 Å². The number of amides is 1. The van der Waals surface area contributed by atoms with Crippen molar-refractivity contribution in [2.75, 3.05) is 17.6 Å². The van der Waals surface area contributed by atoms with Crippen LogP contribution in [0.4, 0.5) is 16.2 Å². The molecule has 0 heterocycles. The minimum absolute atomic E-state index is 0.0801. The van der Waals surface area contributed by atoms with Gasteiger partial charge in [-0.3, -0.25) is 0 Å². The van der Waals surface area contributed by atoms with Crippen molar-refractivity contribution in [3.8, 4) is 0 Å². The van der Waals surface area contributed by atoms with Gasteiger partial charge in [-0.15, -0.1) is 0 Å². The maximum Gasteiger partial charge on any atom is 0.404 e. The van der Waals surface area contributed by atoms with Crippen LogP contribution in [0.25, 0.3) is 0 Å². The van der Waals surface area contributed by atoms with Gasteiger partial charge in [-0.1, -0.05) is 42.0 Å². The highest BCUT2D eigenvalue weighted by atomic mass is 16.4. The van der Waals surface area contributed by atoms with Crippen molar-refractivity contribution in [2.24, 2.45) is 0 Å².